The molecule has 2 aromatic rings. The maximum absolute atomic E-state index is 13.3. The molecule has 1 saturated carbocycles. The highest BCUT2D eigenvalue weighted by Gasteiger charge is 2.41. The van der Waals surface area contributed by atoms with Crippen LogP contribution in [0.2, 0.25) is 0 Å². The second-order valence-electron chi connectivity index (χ2n) is 6.68. The summed E-state index contributed by atoms with van der Waals surface area (Å²) in [6, 6.07) is 13.9. The summed E-state index contributed by atoms with van der Waals surface area (Å²) < 4.78 is 5.43. The molecule has 0 bridgehead atoms. The van der Waals surface area contributed by atoms with Gasteiger partial charge in [-0.1, -0.05) is 49.6 Å². The van der Waals surface area contributed by atoms with Crippen molar-refractivity contribution in [1.29, 1.82) is 0 Å². The number of hydrogen-bond donors (Lipinski definition) is 1. The van der Waals surface area contributed by atoms with E-state index in [4.69, 9.17) is 4.74 Å². The van der Waals surface area contributed by atoms with Crippen molar-refractivity contribution < 1.29 is 9.53 Å². The molecule has 4 heteroatoms. The first-order chi connectivity index (χ1) is 12.2. The molecule has 1 aliphatic rings. The number of nitrogens with zero attached hydrogens (tertiary/aromatic N) is 1. The number of ether oxygens (including phenoxy) is 1. The van der Waals surface area contributed by atoms with Crippen LogP contribution < -0.4 is 10.1 Å². The van der Waals surface area contributed by atoms with Crippen molar-refractivity contribution in [1.82, 2.24) is 4.98 Å². The third-order valence-electron chi connectivity index (χ3n) is 5.07. The molecule has 0 atom stereocenters. The normalized spacial score (nSPS) is 16.2. The first kappa shape index (κ1) is 17.5. The lowest BCUT2D eigenvalue weighted by Crippen LogP contribution is -2.42. The number of benzene rings is 1. The van der Waals surface area contributed by atoms with Gasteiger partial charge in [0.05, 0.1) is 23.4 Å². The number of amides is 1. The Kier molecular flexibility index (Phi) is 5.37. The minimum atomic E-state index is -0.440. The van der Waals surface area contributed by atoms with E-state index in [9.17, 15) is 4.79 Å². The van der Waals surface area contributed by atoms with E-state index in [-0.39, 0.29) is 5.91 Å². The fourth-order valence-corrected chi connectivity index (χ4v) is 3.70. The van der Waals surface area contributed by atoms with Crippen LogP contribution in [0.4, 0.5) is 5.69 Å². The maximum Gasteiger partial charge on any atom is 0.235 e. The van der Waals surface area contributed by atoms with Gasteiger partial charge in [0, 0.05) is 6.07 Å². The van der Waals surface area contributed by atoms with Gasteiger partial charge < -0.3 is 10.1 Å². The van der Waals surface area contributed by atoms with Crippen molar-refractivity contribution in [2.45, 2.75) is 51.4 Å². The van der Waals surface area contributed by atoms with Gasteiger partial charge in [-0.3, -0.25) is 4.79 Å². The van der Waals surface area contributed by atoms with Crippen LogP contribution >= 0.6 is 0 Å². The molecule has 3 rings (SSSR count). The zero-order valence-corrected chi connectivity index (χ0v) is 15.0. The van der Waals surface area contributed by atoms with E-state index in [1.807, 2.05) is 44.2 Å². The van der Waals surface area contributed by atoms with E-state index >= 15 is 0 Å². The highest BCUT2D eigenvalue weighted by atomic mass is 16.5. The molecule has 132 valence electrons. The fraction of sp³-hybridized carbons (Fsp3) is 0.429. The summed E-state index contributed by atoms with van der Waals surface area (Å²) in [4.78, 5) is 17.7. The van der Waals surface area contributed by atoms with Crippen LogP contribution in [-0.2, 0) is 10.2 Å². The van der Waals surface area contributed by atoms with Gasteiger partial charge in [-0.25, -0.2) is 4.98 Å². The zero-order valence-electron chi connectivity index (χ0n) is 15.0. The molecule has 1 amide bonds. The zero-order chi connectivity index (χ0) is 17.7. The van der Waals surface area contributed by atoms with E-state index in [1.165, 1.54) is 6.42 Å². The van der Waals surface area contributed by atoms with Crippen LogP contribution in [0, 0.1) is 6.92 Å². The molecule has 1 N–H and O–H groups in total. The molecule has 1 heterocycles. The highest BCUT2D eigenvalue weighted by Crippen LogP contribution is 2.40. The number of carbonyl (C=O) groups is 1. The van der Waals surface area contributed by atoms with E-state index in [2.05, 4.69) is 22.4 Å². The molecule has 0 radical (unpaired) electrons. The predicted molar refractivity (Wildman–Crippen MR) is 100.0 cm³/mol. The van der Waals surface area contributed by atoms with Crippen molar-refractivity contribution >= 4 is 11.6 Å². The average molecular weight is 338 g/mol. The van der Waals surface area contributed by atoms with Crippen molar-refractivity contribution in [3.05, 3.63) is 53.7 Å². The molecule has 4 nitrogen and oxygen atoms in total. The Labute approximate surface area is 149 Å². The van der Waals surface area contributed by atoms with E-state index < -0.39 is 5.41 Å². The number of nitrogens with one attached hydrogen (secondary N) is 1. The third kappa shape index (κ3) is 3.68. The molecule has 0 spiro atoms. The summed E-state index contributed by atoms with van der Waals surface area (Å²) in [5.74, 6) is 0.667. The molecule has 0 aliphatic heterocycles. The lowest BCUT2D eigenvalue weighted by Gasteiger charge is -2.36. The number of hydrogen-bond acceptors (Lipinski definition) is 3. The van der Waals surface area contributed by atoms with Crippen LogP contribution in [0.15, 0.2) is 42.5 Å². The Morgan fingerprint density at radius 3 is 2.48 bits per heavy atom. The SMILES string of the molecule is CCOc1ccc(NC(=O)C2(c3ccccc3)CCCCC2)c(C)n1. The fourth-order valence-electron chi connectivity index (χ4n) is 3.70. The van der Waals surface area contributed by atoms with Crippen LogP contribution in [-0.4, -0.2) is 17.5 Å². The lowest BCUT2D eigenvalue weighted by molar-refractivity contribution is -0.122. The van der Waals surface area contributed by atoms with Gasteiger partial charge in [0.15, 0.2) is 0 Å². The van der Waals surface area contributed by atoms with Crippen LogP contribution in [0.3, 0.4) is 0 Å². The van der Waals surface area contributed by atoms with E-state index in [1.54, 1.807) is 0 Å². The smallest absolute Gasteiger partial charge is 0.235 e. The molecule has 1 fully saturated rings. The molecule has 0 unspecified atom stereocenters. The summed E-state index contributed by atoms with van der Waals surface area (Å²) in [5.41, 5.74) is 2.21. The highest BCUT2D eigenvalue weighted by molar-refractivity contribution is 5.99. The van der Waals surface area contributed by atoms with Gasteiger partial charge in [-0.05, 0) is 38.3 Å². The molecule has 0 saturated heterocycles. The molecule has 1 aromatic carbocycles. The van der Waals surface area contributed by atoms with Crippen molar-refractivity contribution in [3.63, 3.8) is 0 Å². The van der Waals surface area contributed by atoms with Crippen molar-refractivity contribution in [2.24, 2.45) is 0 Å². The largest absolute Gasteiger partial charge is 0.478 e. The van der Waals surface area contributed by atoms with E-state index in [0.29, 0.717) is 12.5 Å². The monoisotopic (exact) mass is 338 g/mol. The van der Waals surface area contributed by atoms with Crippen molar-refractivity contribution in [2.75, 3.05) is 11.9 Å². The minimum Gasteiger partial charge on any atom is -0.478 e. The summed E-state index contributed by atoms with van der Waals surface area (Å²) in [7, 11) is 0. The molecule has 25 heavy (non-hydrogen) atoms. The van der Waals surface area contributed by atoms with Crippen LogP contribution in [0.1, 0.15) is 50.3 Å². The number of aryl methyl sites for hydroxylation is 1. The summed E-state index contributed by atoms with van der Waals surface area (Å²) in [6.07, 6.45) is 5.16. The van der Waals surface area contributed by atoms with Gasteiger partial charge in [-0.15, -0.1) is 0 Å². The summed E-state index contributed by atoms with van der Waals surface area (Å²) in [6.45, 7) is 4.41. The summed E-state index contributed by atoms with van der Waals surface area (Å²) in [5, 5.41) is 3.13. The Hall–Kier alpha value is -2.36. The minimum absolute atomic E-state index is 0.0764. The summed E-state index contributed by atoms with van der Waals surface area (Å²) >= 11 is 0. The van der Waals surface area contributed by atoms with E-state index in [0.717, 1.165) is 42.6 Å². The van der Waals surface area contributed by atoms with Crippen molar-refractivity contribution in [3.8, 4) is 5.88 Å². The van der Waals surface area contributed by atoms with Gasteiger partial charge in [-0.2, -0.15) is 0 Å². The Morgan fingerprint density at radius 2 is 1.84 bits per heavy atom. The third-order valence-corrected chi connectivity index (χ3v) is 5.07. The number of aromatic nitrogens is 1. The molecular weight excluding hydrogens is 312 g/mol. The second-order valence-corrected chi connectivity index (χ2v) is 6.68. The Balaban J connectivity index is 1.86. The van der Waals surface area contributed by atoms with Gasteiger partial charge in [0.1, 0.15) is 0 Å². The van der Waals surface area contributed by atoms with Crippen LogP contribution in [0.5, 0.6) is 5.88 Å². The Bertz CT molecular complexity index is 722. The number of carbonyl (C=O) groups excluding carboxylic acids is 1. The molecule has 1 aliphatic carbocycles. The first-order valence-electron chi connectivity index (χ1n) is 9.13. The van der Waals surface area contributed by atoms with Gasteiger partial charge in [0.2, 0.25) is 11.8 Å². The number of rotatable bonds is 5. The maximum atomic E-state index is 13.3. The van der Waals surface area contributed by atoms with Gasteiger partial charge >= 0.3 is 0 Å². The molecule has 1 aromatic heterocycles. The standard InChI is InChI=1S/C21H26N2O2/c1-3-25-19-13-12-18(16(2)22-19)23-20(24)21(14-8-5-9-15-21)17-10-6-4-7-11-17/h4,6-7,10-13H,3,5,8-9,14-15H2,1-2H3,(H,23,24). The average Bonchev–Trinajstić information content (AvgIpc) is 2.65. The number of anilines is 1. The predicted octanol–water partition coefficient (Wildman–Crippen LogP) is 4.63. The number of pyridine rings is 1. The second kappa shape index (κ2) is 7.68. The van der Waals surface area contributed by atoms with Gasteiger partial charge in [0.25, 0.3) is 0 Å². The lowest BCUT2D eigenvalue weighted by atomic mass is 9.68. The van der Waals surface area contributed by atoms with Crippen LogP contribution in [0.25, 0.3) is 0 Å². The topological polar surface area (TPSA) is 51.2 Å². The Morgan fingerprint density at radius 1 is 1.12 bits per heavy atom. The first-order valence-corrected chi connectivity index (χ1v) is 9.13. The quantitative estimate of drug-likeness (QED) is 0.865. The molecular formula is C21H26N2O2.